The van der Waals surface area contributed by atoms with Crippen molar-refractivity contribution in [1.82, 2.24) is 25.5 Å². The molecule has 1 rings (SSSR count). The first-order valence-corrected chi connectivity index (χ1v) is 6.41. The van der Waals surface area contributed by atoms with Gasteiger partial charge in [-0.1, -0.05) is 0 Å². The maximum Gasteiger partial charge on any atom is 0.165 e. The van der Waals surface area contributed by atoms with Gasteiger partial charge in [0, 0.05) is 11.3 Å². The quantitative estimate of drug-likeness (QED) is 0.814. The topological polar surface area (TPSA) is 55.6 Å². The van der Waals surface area contributed by atoms with Crippen molar-refractivity contribution in [2.24, 2.45) is 0 Å². The van der Waals surface area contributed by atoms with Crippen molar-refractivity contribution in [3.05, 3.63) is 5.82 Å². The summed E-state index contributed by atoms with van der Waals surface area (Å²) < 4.78 is 1.86. The van der Waals surface area contributed by atoms with Gasteiger partial charge in [-0.15, -0.1) is 5.10 Å². The molecule has 0 fully saturated rings. The SMILES string of the molecule is CSCCn1nnnc1CNC(C)(C)C. The van der Waals surface area contributed by atoms with Gasteiger partial charge in [-0.05, 0) is 37.5 Å². The van der Waals surface area contributed by atoms with E-state index in [4.69, 9.17) is 0 Å². The highest BCUT2D eigenvalue weighted by molar-refractivity contribution is 7.98. The third-order valence-electron chi connectivity index (χ3n) is 1.89. The zero-order valence-electron chi connectivity index (χ0n) is 9.82. The molecule has 0 aromatic carbocycles. The summed E-state index contributed by atoms with van der Waals surface area (Å²) in [5.41, 5.74) is 0.0935. The Kier molecular flexibility index (Phi) is 4.53. The Morgan fingerprint density at radius 2 is 2.13 bits per heavy atom. The lowest BCUT2D eigenvalue weighted by molar-refractivity contribution is 0.409. The molecule has 0 bridgehead atoms. The van der Waals surface area contributed by atoms with Crippen molar-refractivity contribution in [2.75, 3.05) is 12.0 Å². The number of nitrogens with zero attached hydrogens (tertiary/aromatic N) is 4. The van der Waals surface area contributed by atoms with E-state index < -0.39 is 0 Å². The van der Waals surface area contributed by atoms with E-state index in [1.54, 1.807) is 11.8 Å². The Balaban J connectivity index is 2.50. The molecule has 86 valence electrons. The standard InChI is InChI=1S/C9H19N5S/c1-9(2,3)10-7-8-11-12-13-14(8)5-6-15-4/h10H,5-7H2,1-4H3. The van der Waals surface area contributed by atoms with E-state index >= 15 is 0 Å². The van der Waals surface area contributed by atoms with Gasteiger partial charge in [-0.25, -0.2) is 4.68 Å². The average molecular weight is 229 g/mol. The van der Waals surface area contributed by atoms with Gasteiger partial charge in [-0.3, -0.25) is 0 Å². The minimum Gasteiger partial charge on any atom is -0.305 e. The van der Waals surface area contributed by atoms with Crippen molar-refractivity contribution >= 4 is 11.8 Å². The first-order chi connectivity index (χ1) is 7.03. The van der Waals surface area contributed by atoms with Crippen LogP contribution >= 0.6 is 11.8 Å². The summed E-state index contributed by atoms with van der Waals surface area (Å²) in [5, 5.41) is 15.0. The summed E-state index contributed by atoms with van der Waals surface area (Å²) >= 11 is 1.80. The monoisotopic (exact) mass is 229 g/mol. The van der Waals surface area contributed by atoms with Crippen LogP contribution in [0.25, 0.3) is 0 Å². The van der Waals surface area contributed by atoms with Crippen LogP contribution in [0.2, 0.25) is 0 Å². The molecule has 0 atom stereocenters. The Morgan fingerprint density at radius 3 is 2.73 bits per heavy atom. The first kappa shape index (κ1) is 12.4. The molecule has 1 heterocycles. The lowest BCUT2D eigenvalue weighted by atomic mass is 10.1. The van der Waals surface area contributed by atoms with E-state index in [0.29, 0.717) is 6.54 Å². The summed E-state index contributed by atoms with van der Waals surface area (Å²) in [6, 6.07) is 0. The fourth-order valence-electron chi connectivity index (χ4n) is 1.05. The second-order valence-corrected chi connectivity index (χ2v) is 5.40. The Morgan fingerprint density at radius 1 is 1.40 bits per heavy atom. The first-order valence-electron chi connectivity index (χ1n) is 5.02. The summed E-state index contributed by atoms with van der Waals surface area (Å²) in [4.78, 5) is 0. The number of rotatable bonds is 5. The molecule has 0 unspecified atom stereocenters. The van der Waals surface area contributed by atoms with Crippen LogP contribution in [-0.4, -0.2) is 37.8 Å². The molecule has 0 saturated carbocycles. The van der Waals surface area contributed by atoms with Gasteiger partial charge >= 0.3 is 0 Å². The van der Waals surface area contributed by atoms with E-state index in [0.717, 1.165) is 18.1 Å². The molecule has 0 amide bonds. The molecular formula is C9H19N5S. The van der Waals surface area contributed by atoms with Crippen molar-refractivity contribution in [3.63, 3.8) is 0 Å². The molecule has 0 spiro atoms. The van der Waals surface area contributed by atoms with Gasteiger partial charge in [0.05, 0.1) is 13.1 Å². The van der Waals surface area contributed by atoms with Gasteiger partial charge in [0.2, 0.25) is 0 Å². The van der Waals surface area contributed by atoms with E-state index in [-0.39, 0.29) is 5.54 Å². The second kappa shape index (κ2) is 5.46. The molecule has 1 aromatic heterocycles. The fraction of sp³-hybridized carbons (Fsp3) is 0.889. The minimum absolute atomic E-state index is 0.0935. The molecule has 15 heavy (non-hydrogen) atoms. The Hall–Kier alpha value is -0.620. The molecule has 0 radical (unpaired) electrons. The van der Waals surface area contributed by atoms with E-state index in [2.05, 4.69) is 47.9 Å². The van der Waals surface area contributed by atoms with Crippen molar-refractivity contribution in [1.29, 1.82) is 0 Å². The van der Waals surface area contributed by atoms with Crippen molar-refractivity contribution < 1.29 is 0 Å². The zero-order chi connectivity index (χ0) is 11.3. The number of aryl methyl sites for hydroxylation is 1. The summed E-state index contributed by atoms with van der Waals surface area (Å²) in [6.45, 7) is 7.97. The molecular weight excluding hydrogens is 210 g/mol. The molecule has 0 aliphatic heterocycles. The second-order valence-electron chi connectivity index (χ2n) is 4.41. The molecule has 0 saturated heterocycles. The third-order valence-corrected chi connectivity index (χ3v) is 2.48. The van der Waals surface area contributed by atoms with Gasteiger partial charge in [0.15, 0.2) is 5.82 Å². The van der Waals surface area contributed by atoms with Crippen LogP contribution in [-0.2, 0) is 13.1 Å². The van der Waals surface area contributed by atoms with E-state index in [1.165, 1.54) is 0 Å². The molecule has 6 heteroatoms. The minimum atomic E-state index is 0.0935. The molecule has 1 aromatic rings. The highest BCUT2D eigenvalue weighted by Crippen LogP contribution is 2.02. The van der Waals surface area contributed by atoms with Gasteiger partial charge in [0.1, 0.15) is 0 Å². The lowest BCUT2D eigenvalue weighted by Gasteiger charge is -2.19. The summed E-state index contributed by atoms with van der Waals surface area (Å²) in [6.07, 6.45) is 2.08. The van der Waals surface area contributed by atoms with E-state index in [1.807, 2.05) is 4.68 Å². The van der Waals surface area contributed by atoms with Crippen molar-refractivity contribution in [2.45, 2.75) is 39.4 Å². The van der Waals surface area contributed by atoms with Crippen LogP contribution in [0.5, 0.6) is 0 Å². The number of hydrogen-bond acceptors (Lipinski definition) is 5. The normalized spacial score (nSPS) is 12.0. The number of thioether (sulfide) groups is 1. The maximum absolute atomic E-state index is 4.00. The predicted octanol–water partition coefficient (Wildman–Crippen LogP) is 0.924. The van der Waals surface area contributed by atoms with Crippen LogP contribution in [0.15, 0.2) is 0 Å². The lowest BCUT2D eigenvalue weighted by Crippen LogP contribution is -2.36. The van der Waals surface area contributed by atoms with Gasteiger partial charge in [-0.2, -0.15) is 11.8 Å². The average Bonchev–Trinajstić information content (AvgIpc) is 2.57. The number of hydrogen-bond donors (Lipinski definition) is 1. The number of nitrogens with one attached hydrogen (secondary N) is 1. The van der Waals surface area contributed by atoms with E-state index in [9.17, 15) is 0 Å². The van der Waals surface area contributed by atoms with Crippen LogP contribution in [0.4, 0.5) is 0 Å². The largest absolute Gasteiger partial charge is 0.305 e. The Bertz CT molecular complexity index is 291. The summed E-state index contributed by atoms with van der Waals surface area (Å²) in [5.74, 6) is 1.94. The highest BCUT2D eigenvalue weighted by atomic mass is 32.2. The van der Waals surface area contributed by atoms with Crippen LogP contribution < -0.4 is 5.32 Å². The summed E-state index contributed by atoms with van der Waals surface area (Å²) in [7, 11) is 0. The van der Waals surface area contributed by atoms with Crippen LogP contribution in [0.3, 0.4) is 0 Å². The molecule has 1 N–H and O–H groups in total. The fourth-order valence-corrected chi connectivity index (χ4v) is 1.40. The van der Waals surface area contributed by atoms with Gasteiger partial charge in [0.25, 0.3) is 0 Å². The van der Waals surface area contributed by atoms with Gasteiger partial charge < -0.3 is 5.32 Å². The van der Waals surface area contributed by atoms with Crippen LogP contribution in [0.1, 0.15) is 26.6 Å². The molecule has 0 aliphatic rings. The Labute approximate surface area is 95.0 Å². The molecule has 0 aliphatic carbocycles. The third kappa shape index (κ3) is 4.61. The smallest absolute Gasteiger partial charge is 0.165 e. The van der Waals surface area contributed by atoms with Crippen molar-refractivity contribution in [3.8, 4) is 0 Å². The maximum atomic E-state index is 4.00. The molecule has 5 nitrogen and oxygen atoms in total. The van der Waals surface area contributed by atoms with Crippen LogP contribution in [0, 0.1) is 0 Å². The number of tetrazole rings is 1. The predicted molar refractivity (Wildman–Crippen MR) is 62.8 cm³/mol. The zero-order valence-corrected chi connectivity index (χ0v) is 10.6. The number of aromatic nitrogens is 4. The highest BCUT2D eigenvalue weighted by Gasteiger charge is 2.11.